The Morgan fingerprint density at radius 1 is 1.32 bits per heavy atom. The number of carbonyl (C=O) groups is 1. The summed E-state index contributed by atoms with van der Waals surface area (Å²) in [6.45, 7) is 6.30. The van der Waals surface area contributed by atoms with Crippen molar-refractivity contribution in [2.45, 2.75) is 31.9 Å². The van der Waals surface area contributed by atoms with E-state index in [0.717, 1.165) is 18.8 Å². The van der Waals surface area contributed by atoms with Gasteiger partial charge < -0.3 is 10.6 Å². The van der Waals surface area contributed by atoms with E-state index >= 15 is 0 Å². The van der Waals surface area contributed by atoms with Gasteiger partial charge in [0.25, 0.3) is 0 Å². The van der Waals surface area contributed by atoms with E-state index in [1.807, 2.05) is 18.2 Å². The van der Waals surface area contributed by atoms with E-state index in [0.29, 0.717) is 11.0 Å². The maximum atomic E-state index is 11.9. The first-order valence-electron chi connectivity index (χ1n) is 6.84. The van der Waals surface area contributed by atoms with Gasteiger partial charge in [-0.05, 0) is 63.0 Å². The number of hydrogen-bond donors (Lipinski definition) is 2. The van der Waals surface area contributed by atoms with E-state index in [-0.39, 0.29) is 5.91 Å². The Morgan fingerprint density at radius 3 is 2.74 bits per heavy atom. The zero-order valence-corrected chi connectivity index (χ0v) is 12.5. The molecule has 1 aliphatic rings. The number of nitrogens with one attached hydrogen (secondary N) is 2. The van der Waals surface area contributed by atoms with Crippen LogP contribution in [0.4, 0.5) is 5.69 Å². The minimum absolute atomic E-state index is 0.104. The van der Waals surface area contributed by atoms with Gasteiger partial charge in [0.2, 0.25) is 5.91 Å². The molecule has 1 heterocycles. The van der Waals surface area contributed by atoms with Crippen LogP contribution in [0, 0.1) is 13.8 Å². The highest BCUT2D eigenvalue weighted by Gasteiger charge is 2.14. The minimum atomic E-state index is 0.104. The van der Waals surface area contributed by atoms with Crippen LogP contribution in [-0.4, -0.2) is 30.0 Å². The lowest BCUT2D eigenvalue weighted by atomic mass is 10.1. The third-order valence-electron chi connectivity index (χ3n) is 3.53. The highest BCUT2D eigenvalue weighted by atomic mass is 32.2. The Bertz CT molecular complexity index is 442. The van der Waals surface area contributed by atoms with Gasteiger partial charge in [-0.1, -0.05) is 6.07 Å². The normalized spacial score (nSPS) is 16.3. The largest absolute Gasteiger partial charge is 0.325 e. The van der Waals surface area contributed by atoms with Gasteiger partial charge in [-0.2, -0.15) is 0 Å². The summed E-state index contributed by atoms with van der Waals surface area (Å²) in [5.74, 6) is 0.657. The molecule has 1 saturated heterocycles. The predicted molar refractivity (Wildman–Crippen MR) is 82.9 cm³/mol. The second kappa shape index (κ2) is 6.96. The molecule has 19 heavy (non-hydrogen) atoms. The van der Waals surface area contributed by atoms with Crippen LogP contribution < -0.4 is 10.6 Å². The van der Waals surface area contributed by atoms with Crippen molar-refractivity contribution in [3.8, 4) is 0 Å². The van der Waals surface area contributed by atoms with E-state index in [2.05, 4.69) is 24.5 Å². The summed E-state index contributed by atoms with van der Waals surface area (Å²) < 4.78 is 0. The van der Waals surface area contributed by atoms with Gasteiger partial charge in [-0.15, -0.1) is 11.8 Å². The molecule has 2 rings (SSSR count). The number of thioether (sulfide) groups is 1. The van der Waals surface area contributed by atoms with Crippen LogP contribution in [0.5, 0.6) is 0 Å². The Labute approximate surface area is 119 Å². The van der Waals surface area contributed by atoms with Crippen molar-refractivity contribution in [2.75, 3.05) is 24.2 Å². The molecule has 0 aromatic heterocycles. The van der Waals surface area contributed by atoms with Crippen molar-refractivity contribution in [2.24, 2.45) is 0 Å². The molecule has 1 aliphatic heterocycles. The topological polar surface area (TPSA) is 41.1 Å². The molecule has 0 saturated carbocycles. The third-order valence-corrected chi connectivity index (χ3v) is 4.90. The molecule has 0 unspecified atom stereocenters. The monoisotopic (exact) mass is 278 g/mol. The van der Waals surface area contributed by atoms with Crippen LogP contribution >= 0.6 is 11.8 Å². The number of hydrogen-bond acceptors (Lipinski definition) is 3. The second-order valence-electron chi connectivity index (χ2n) is 5.11. The van der Waals surface area contributed by atoms with Gasteiger partial charge >= 0.3 is 0 Å². The molecule has 0 atom stereocenters. The number of amides is 1. The Hall–Kier alpha value is -1.00. The zero-order chi connectivity index (χ0) is 13.7. The number of anilines is 1. The molecule has 104 valence electrons. The van der Waals surface area contributed by atoms with Crippen molar-refractivity contribution >= 4 is 23.4 Å². The van der Waals surface area contributed by atoms with Crippen LogP contribution in [0.3, 0.4) is 0 Å². The average molecular weight is 278 g/mol. The molecule has 0 spiro atoms. The van der Waals surface area contributed by atoms with Gasteiger partial charge in [0.15, 0.2) is 0 Å². The molecular weight excluding hydrogens is 256 g/mol. The molecule has 3 nitrogen and oxygen atoms in total. The van der Waals surface area contributed by atoms with Crippen LogP contribution in [0.1, 0.15) is 24.0 Å². The maximum Gasteiger partial charge on any atom is 0.234 e. The SMILES string of the molecule is Cc1ccc(NC(=O)CSC2CCNCC2)cc1C. The number of rotatable bonds is 4. The van der Waals surface area contributed by atoms with Gasteiger partial charge in [-0.25, -0.2) is 0 Å². The quantitative estimate of drug-likeness (QED) is 0.890. The number of aryl methyl sites for hydroxylation is 2. The fourth-order valence-corrected chi connectivity index (χ4v) is 3.20. The number of piperidine rings is 1. The van der Waals surface area contributed by atoms with Gasteiger partial charge in [0, 0.05) is 10.9 Å². The second-order valence-corrected chi connectivity index (χ2v) is 6.40. The lowest BCUT2D eigenvalue weighted by molar-refractivity contribution is -0.113. The summed E-state index contributed by atoms with van der Waals surface area (Å²) in [4.78, 5) is 11.9. The fraction of sp³-hybridized carbons (Fsp3) is 0.533. The van der Waals surface area contributed by atoms with Crippen molar-refractivity contribution in [3.05, 3.63) is 29.3 Å². The summed E-state index contributed by atoms with van der Waals surface area (Å²) in [5, 5.41) is 6.95. The average Bonchev–Trinajstić information content (AvgIpc) is 2.42. The van der Waals surface area contributed by atoms with E-state index in [1.54, 1.807) is 11.8 Å². The van der Waals surface area contributed by atoms with E-state index in [1.165, 1.54) is 24.0 Å². The fourth-order valence-electron chi connectivity index (χ4n) is 2.17. The van der Waals surface area contributed by atoms with E-state index < -0.39 is 0 Å². The van der Waals surface area contributed by atoms with Crippen molar-refractivity contribution in [1.29, 1.82) is 0 Å². The highest BCUT2D eigenvalue weighted by molar-refractivity contribution is 8.00. The van der Waals surface area contributed by atoms with E-state index in [4.69, 9.17) is 0 Å². The van der Waals surface area contributed by atoms with Gasteiger partial charge in [0.05, 0.1) is 5.75 Å². The molecular formula is C15H22N2OS. The summed E-state index contributed by atoms with van der Waals surface area (Å²) >= 11 is 1.78. The van der Waals surface area contributed by atoms with Crippen molar-refractivity contribution in [1.82, 2.24) is 5.32 Å². The smallest absolute Gasteiger partial charge is 0.234 e. The summed E-state index contributed by atoms with van der Waals surface area (Å²) in [7, 11) is 0. The van der Waals surface area contributed by atoms with Crippen LogP contribution in [0.15, 0.2) is 18.2 Å². The Balaban J connectivity index is 1.78. The Kier molecular flexibility index (Phi) is 5.28. The molecule has 4 heteroatoms. The molecule has 2 N–H and O–H groups in total. The first-order valence-corrected chi connectivity index (χ1v) is 7.89. The number of carbonyl (C=O) groups excluding carboxylic acids is 1. The third kappa shape index (κ3) is 4.55. The van der Waals surface area contributed by atoms with Crippen LogP contribution in [0.25, 0.3) is 0 Å². The van der Waals surface area contributed by atoms with Crippen LogP contribution in [0.2, 0.25) is 0 Å². The lowest BCUT2D eigenvalue weighted by Crippen LogP contribution is -2.30. The van der Waals surface area contributed by atoms with Crippen LogP contribution in [-0.2, 0) is 4.79 Å². The zero-order valence-electron chi connectivity index (χ0n) is 11.7. The van der Waals surface area contributed by atoms with Gasteiger partial charge in [0.1, 0.15) is 0 Å². The Morgan fingerprint density at radius 2 is 2.05 bits per heavy atom. The summed E-state index contributed by atoms with van der Waals surface area (Å²) in [6.07, 6.45) is 2.34. The molecule has 0 bridgehead atoms. The standard InChI is InChI=1S/C15H22N2OS/c1-11-3-4-13(9-12(11)2)17-15(18)10-19-14-5-7-16-8-6-14/h3-4,9,14,16H,5-8,10H2,1-2H3,(H,17,18). The highest BCUT2D eigenvalue weighted by Crippen LogP contribution is 2.20. The van der Waals surface area contributed by atoms with Gasteiger partial charge in [-0.3, -0.25) is 4.79 Å². The summed E-state index contributed by atoms with van der Waals surface area (Å²) in [6, 6.07) is 6.04. The van der Waals surface area contributed by atoms with Crippen molar-refractivity contribution in [3.63, 3.8) is 0 Å². The van der Waals surface area contributed by atoms with Crippen molar-refractivity contribution < 1.29 is 4.79 Å². The molecule has 1 aromatic carbocycles. The number of benzene rings is 1. The first-order chi connectivity index (χ1) is 9.15. The maximum absolute atomic E-state index is 11.9. The lowest BCUT2D eigenvalue weighted by Gasteiger charge is -2.21. The summed E-state index contributed by atoms with van der Waals surface area (Å²) in [5.41, 5.74) is 3.37. The molecule has 1 fully saturated rings. The minimum Gasteiger partial charge on any atom is -0.325 e. The predicted octanol–water partition coefficient (Wildman–Crippen LogP) is 2.73. The molecule has 1 amide bonds. The van der Waals surface area contributed by atoms with E-state index in [9.17, 15) is 4.79 Å². The molecule has 0 aliphatic carbocycles. The molecule has 1 aromatic rings. The first kappa shape index (κ1) is 14.4. The molecule has 0 radical (unpaired) electrons.